The third-order valence-corrected chi connectivity index (χ3v) is 6.98. The highest BCUT2D eigenvalue weighted by atomic mass is 32.2. The molecule has 0 bridgehead atoms. The van der Waals surface area contributed by atoms with Crippen LogP contribution in [-0.4, -0.2) is 41.1 Å². The van der Waals surface area contributed by atoms with Crippen molar-refractivity contribution in [1.29, 1.82) is 0 Å². The van der Waals surface area contributed by atoms with Crippen LogP contribution in [0.1, 0.15) is 51.9 Å². The number of hydrogen-bond acceptors (Lipinski definition) is 6. The fourth-order valence-corrected chi connectivity index (χ4v) is 4.73. The predicted molar refractivity (Wildman–Crippen MR) is 127 cm³/mol. The molecule has 3 aromatic rings. The van der Waals surface area contributed by atoms with E-state index in [-0.39, 0.29) is 16.9 Å². The van der Waals surface area contributed by atoms with Crippen molar-refractivity contribution in [2.24, 2.45) is 5.92 Å². The Morgan fingerprint density at radius 1 is 1.15 bits per heavy atom. The molecule has 1 N–H and O–H groups in total. The lowest BCUT2D eigenvalue weighted by molar-refractivity contribution is -0.150. The van der Waals surface area contributed by atoms with Gasteiger partial charge in [0.25, 0.3) is 0 Å². The molecule has 2 atom stereocenters. The number of carbonyl (C=O) groups excluding carboxylic acids is 1. The van der Waals surface area contributed by atoms with E-state index in [1.807, 2.05) is 38.3 Å². The van der Waals surface area contributed by atoms with Crippen molar-refractivity contribution < 1.29 is 17.9 Å². The number of carbonyl (C=O) groups is 1. The molecule has 0 aliphatic heterocycles. The van der Waals surface area contributed by atoms with Crippen LogP contribution < -0.4 is 4.72 Å². The Hall–Kier alpha value is -2.78. The summed E-state index contributed by atoms with van der Waals surface area (Å²) in [7, 11) is -3.89. The number of sulfonamides is 1. The topological polar surface area (TPSA) is 103 Å². The average molecular weight is 473 g/mol. The van der Waals surface area contributed by atoms with Gasteiger partial charge in [-0.25, -0.2) is 13.4 Å². The first-order valence-corrected chi connectivity index (χ1v) is 12.7. The number of ether oxygens (including phenoxy) is 1. The van der Waals surface area contributed by atoms with E-state index in [0.29, 0.717) is 19.4 Å². The summed E-state index contributed by atoms with van der Waals surface area (Å²) < 4.78 is 36.0. The second kappa shape index (κ2) is 10.4. The molecule has 0 amide bonds. The van der Waals surface area contributed by atoms with E-state index in [9.17, 15) is 13.2 Å². The number of benzene rings is 1. The monoisotopic (exact) mass is 472 g/mol. The van der Waals surface area contributed by atoms with E-state index >= 15 is 0 Å². The number of esters is 1. The second-order valence-electron chi connectivity index (χ2n) is 8.71. The number of nitrogens with zero attached hydrogens (tertiary/aromatic N) is 3. The molecule has 8 nitrogen and oxygen atoms in total. The molecule has 0 aliphatic carbocycles. The van der Waals surface area contributed by atoms with Gasteiger partial charge in [-0.05, 0) is 56.4 Å². The summed E-state index contributed by atoms with van der Waals surface area (Å²) in [5.41, 5.74) is 2.71. The third-order valence-electron chi connectivity index (χ3n) is 5.50. The Morgan fingerprint density at radius 2 is 1.85 bits per heavy atom. The lowest BCUT2D eigenvalue weighted by Crippen LogP contribution is -2.43. The maximum absolute atomic E-state index is 13.0. The molecule has 1 aromatic carbocycles. The second-order valence-corrected chi connectivity index (χ2v) is 10.4. The van der Waals surface area contributed by atoms with Gasteiger partial charge in [-0.15, -0.1) is 0 Å². The van der Waals surface area contributed by atoms with Crippen molar-refractivity contribution in [3.63, 3.8) is 0 Å². The lowest BCUT2D eigenvalue weighted by atomic mass is 10.0. The molecule has 33 heavy (non-hydrogen) atoms. The van der Waals surface area contributed by atoms with Crippen LogP contribution in [0, 0.1) is 12.8 Å². The zero-order valence-electron chi connectivity index (χ0n) is 19.8. The van der Waals surface area contributed by atoms with Crippen molar-refractivity contribution in [3.05, 3.63) is 54.1 Å². The number of imidazole rings is 1. The van der Waals surface area contributed by atoms with Gasteiger partial charge < -0.3 is 9.30 Å². The summed E-state index contributed by atoms with van der Waals surface area (Å²) >= 11 is 0. The van der Waals surface area contributed by atoms with Gasteiger partial charge in [0.15, 0.2) is 0 Å². The van der Waals surface area contributed by atoms with E-state index in [4.69, 9.17) is 4.74 Å². The van der Waals surface area contributed by atoms with Gasteiger partial charge in [0.05, 0.1) is 28.2 Å². The Labute approximate surface area is 195 Å². The van der Waals surface area contributed by atoms with Gasteiger partial charge in [-0.2, -0.15) is 4.72 Å². The molecule has 3 rings (SSSR count). The summed E-state index contributed by atoms with van der Waals surface area (Å²) in [5.74, 6) is 0.425. The summed E-state index contributed by atoms with van der Waals surface area (Å²) in [6.07, 6.45) is 4.22. The van der Waals surface area contributed by atoms with Crippen molar-refractivity contribution in [2.45, 2.75) is 71.0 Å². The molecule has 0 saturated heterocycles. The van der Waals surface area contributed by atoms with E-state index in [1.54, 1.807) is 43.6 Å². The Kier molecular flexibility index (Phi) is 7.86. The van der Waals surface area contributed by atoms with Crippen LogP contribution in [-0.2, 0) is 26.1 Å². The molecule has 0 aliphatic rings. The standard InChI is InChI=1S/C24H32N4O4S/c1-6-17(4)32-24(29)22(13-16(2)3)27-33(30,31)20-9-7-19(8-10-20)15-28-18(5)26-21-11-12-25-14-23(21)28/h7-12,14,16-17,22,27H,6,13,15H2,1-5H3/t17?,22-/m0/s1. The minimum absolute atomic E-state index is 0.102. The van der Waals surface area contributed by atoms with E-state index < -0.39 is 22.0 Å². The first-order valence-electron chi connectivity index (χ1n) is 11.2. The third kappa shape index (κ3) is 6.17. The van der Waals surface area contributed by atoms with Crippen molar-refractivity contribution >= 4 is 27.0 Å². The Morgan fingerprint density at radius 3 is 2.48 bits per heavy atom. The van der Waals surface area contributed by atoms with Crippen LogP contribution in [0.4, 0.5) is 0 Å². The molecule has 178 valence electrons. The molecule has 2 aromatic heterocycles. The van der Waals surface area contributed by atoms with Crippen molar-refractivity contribution in [2.75, 3.05) is 0 Å². The van der Waals surface area contributed by atoms with Gasteiger partial charge in [-0.1, -0.05) is 32.9 Å². The average Bonchev–Trinajstić information content (AvgIpc) is 3.08. The molecule has 1 unspecified atom stereocenters. The molecular formula is C24H32N4O4S. The van der Waals surface area contributed by atoms with E-state index in [2.05, 4.69) is 14.7 Å². The number of aromatic nitrogens is 3. The summed E-state index contributed by atoms with van der Waals surface area (Å²) in [5, 5.41) is 0. The maximum Gasteiger partial charge on any atom is 0.324 e. The molecule has 0 fully saturated rings. The molecule has 0 saturated carbocycles. The van der Waals surface area contributed by atoms with Crippen LogP contribution in [0.3, 0.4) is 0 Å². The van der Waals surface area contributed by atoms with Crippen LogP contribution in [0.25, 0.3) is 11.0 Å². The SMILES string of the molecule is CCC(C)OC(=O)[C@H](CC(C)C)NS(=O)(=O)c1ccc(Cn2c(C)nc3ccncc32)cc1. The maximum atomic E-state index is 13.0. The number of nitrogens with one attached hydrogen (secondary N) is 1. The first kappa shape index (κ1) is 24.9. The molecule has 0 spiro atoms. The minimum Gasteiger partial charge on any atom is -0.461 e. The van der Waals surface area contributed by atoms with Crippen LogP contribution >= 0.6 is 0 Å². The Balaban J connectivity index is 1.77. The van der Waals surface area contributed by atoms with Crippen LogP contribution in [0.2, 0.25) is 0 Å². The number of aryl methyl sites for hydroxylation is 1. The van der Waals surface area contributed by atoms with Gasteiger partial charge in [0.1, 0.15) is 11.9 Å². The minimum atomic E-state index is -3.89. The summed E-state index contributed by atoms with van der Waals surface area (Å²) in [4.78, 5) is 21.4. The zero-order chi connectivity index (χ0) is 24.2. The van der Waals surface area contributed by atoms with Crippen LogP contribution in [0.15, 0.2) is 47.6 Å². The normalized spacial score (nSPS) is 13.9. The first-order chi connectivity index (χ1) is 15.6. The molecule has 9 heteroatoms. The zero-order valence-corrected chi connectivity index (χ0v) is 20.6. The summed E-state index contributed by atoms with van der Waals surface area (Å²) in [6, 6.07) is 7.57. The van der Waals surface area contributed by atoms with Crippen LogP contribution in [0.5, 0.6) is 0 Å². The predicted octanol–water partition coefficient (Wildman–Crippen LogP) is 3.82. The van der Waals surface area contributed by atoms with Gasteiger partial charge >= 0.3 is 5.97 Å². The van der Waals surface area contributed by atoms with Crippen molar-refractivity contribution in [3.8, 4) is 0 Å². The largest absolute Gasteiger partial charge is 0.461 e. The number of fused-ring (bicyclic) bond motifs is 1. The Bertz CT molecular complexity index is 1200. The van der Waals surface area contributed by atoms with Gasteiger partial charge in [0.2, 0.25) is 10.0 Å². The fraction of sp³-hybridized carbons (Fsp3) is 0.458. The van der Waals surface area contributed by atoms with E-state index in [0.717, 1.165) is 22.4 Å². The highest BCUT2D eigenvalue weighted by Crippen LogP contribution is 2.19. The molecular weight excluding hydrogens is 440 g/mol. The quantitative estimate of drug-likeness (QED) is 0.450. The highest BCUT2D eigenvalue weighted by molar-refractivity contribution is 7.89. The van der Waals surface area contributed by atoms with Gasteiger partial charge in [0, 0.05) is 12.7 Å². The summed E-state index contributed by atoms with van der Waals surface area (Å²) in [6.45, 7) is 10.0. The van der Waals surface area contributed by atoms with E-state index in [1.165, 1.54) is 0 Å². The van der Waals surface area contributed by atoms with Crippen molar-refractivity contribution in [1.82, 2.24) is 19.3 Å². The number of rotatable bonds is 10. The molecule has 2 heterocycles. The van der Waals surface area contributed by atoms with Gasteiger partial charge in [-0.3, -0.25) is 9.78 Å². The highest BCUT2D eigenvalue weighted by Gasteiger charge is 2.28. The fourth-order valence-electron chi connectivity index (χ4n) is 3.53. The number of pyridine rings is 1. The lowest BCUT2D eigenvalue weighted by Gasteiger charge is -2.21. The number of hydrogen-bond donors (Lipinski definition) is 1. The smallest absolute Gasteiger partial charge is 0.324 e. The molecule has 0 radical (unpaired) electrons.